The van der Waals surface area contributed by atoms with E-state index >= 15 is 0 Å². The molecule has 4 bridgehead atoms. The van der Waals surface area contributed by atoms with Crippen molar-refractivity contribution in [1.82, 2.24) is 9.97 Å². The fraction of sp³-hybridized carbons (Fsp3) is 0.733. The first-order valence-corrected chi connectivity index (χ1v) is 8.15. The first-order valence-electron chi connectivity index (χ1n) is 7.77. The van der Waals surface area contributed by atoms with E-state index < -0.39 is 22.9 Å². The molecule has 1 aromatic rings. The van der Waals surface area contributed by atoms with Crippen molar-refractivity contribution in [2.75, 3.05) is 5.32 Å². The van der Waals surface area contributed by atoms with Crippen molar-refractivity contribution in [2.24, 2.45) is 11.8 Å². The molecule has 0 saturated heterocycles. The fourth-order valence-corrected chi connectivity index (χ4v) is 5.41. The van der Waals surface area contributed by atoms with Crippen LogP contribution in [-0.4, -0.2) is 26.2 Å². The van der Waals surface area contributed by atoms with Gasteiger partial charge in [0.1, 0.15) is 11.4 Å². The number of nitrogens with zero attached hydrogens (tertiary/aromatic N) is 2. The summed E-state index contributed by atoms with van der Waals surface area (Å²) in [5.41, 5.74) is -2.20. The van der Waals surface area contributed by atoms with E-state index in [2.05, 4.69) is 15.3 Å². The molecule has 4 nitrogen and oxygen atoms in total. The molecule has 23 heavy (non-hydrogen) atoms. The molecule has 4 aliphatic rings. The van der Waals surface area contributed by atoms with Gasteiger partial charge in [0.05, 0.1) is 5.60 Å². The van der Waals surface area contributed by atoms with Gasteiger partial charge < -0.3 is 10.4 Å². The minimum absolute atomic E-state index is 0.219. The predicted molar refractivity (Wildman–Crippen MR) is 78.0 cm³/mol. The smallest absolute Gasteiger partial charge is 0.390 e. The molecular weight excluding hydrogens is 331 g/mol. The molecule has 5 rings (SSSR count). The third kappa shape index (κ3) is 2.67. The Balaban J connectivity index is 1.70. The number of alkyl halides is 3. The number of hydrogen-bond acceptors (Lipinski definition) is 4. The molecule has 0 aliphatic heterocycles. The Labute approximate surface area is 136 Å². The van der Waals surface area contributed by atoms with Gasteiger partial charge in [-0.15, -0.1) is 0 Å². The van der Waals surface area contributed by atoms with Gasteiger partial charge in [-0.1, -0.05) is 0 Å². The lowest BCUT2D eigenvalue weighted by molar-refractivity contribution is -0.138. The second kappa shape index (κ2) is 4.72. The van der Waals surface area contributed by atoms with Crippen LogP contribution in [0.3, 0.4) is 0 Å². The average molecular weight is 348 g/mol. The van der Waals surface area contributed by atoms with E-state index in [-0.39, 0.29) is 11.1 Å². The van der Waals surface area contributed by atoms with Crippen molar-refractivity contribution in [3.8, 4) is 0 Å². The van der Waals surface area contributed by atoms with E-state index in [4.69, 9.17) is 11.6 Å². The zero-order valence-electron chi connectivity index (χ0n) is 12.3. The summed E-state index contributed by atoms with van der Waals surface area (Å²) in [4.78, 5) is 7.24. The lowest BCUT2D eigenvalue weighted by Gasteiger charge is -2.60. The van der Waals surface area contributed by atoms with Crippen LogP contribution >= 0.6 is 11.6 Å². The number of hydrogen-bond donors (Lipinski definition) is 2. The molecule has 0 spiro atoms. The highest BCUT2D eigenvalue weighted by molar-refractivity contribution is 6.28. The summed E-state index contributed by atoms with van der Waals surface area (Å²) in [6.45, 7) is 0. The average Bonchev–Trinajstić information content (AvgIpc) is 2.32. The molecule has 8 heteroatoms. The monoisotopic (exact) mass is 347 g/mol. The number of halogens is 4. The zero-order valence-corrected chi connectivity index (χ0v) is 13.1. The Kier molecular flexibility index (Phi) is 3.17. The van der Waals surface area contributed by atoms with Crippen LogP contribution in [0.5, 0.6) is 0 Å². The lowest BCUT2D eigenvalue weighted by Crippen LogP contribution is -2.62. The van der Waals surface area contributed by atoms with Gasteiger partial charge in [0.25, 0.3) is 0 Å². The summed E-state index contributed by atoms with van der Waals surface area (Å²) in [6, 6.07) is 0. The number of rotatable bonds is 2. The van der Waals surface area contributed by atoms with Crippen molar-refractivity contribution in [2.45, 2.75) is 55.8 Å². The van der Waals surface area contributed by atoms with Crippen LogP contribution in [0.2, 0.25) is 5.28 Å². The van der Waals surface area contributed by atoms with Crippen molar-refractivity contribution >= 4 is 17.4 Å². The summed E-state index contributed by atoms with van der Waals surface area (Å²) in [5.74, 6) is 0.448. The normalized spacial score (nSPS) is 38.8. The van der Waals surface area contributed by atoms with Crippen LogP contribution in [0.25, 0.3) is 0 Å². The molecular formula is C15H17ClF3N3O. The first kappa shape index (κ1) is 15.4. The topological polar surface area (TPSA) is 58.0 Å². The van der Waals surface area contributed by atoms with Crippen molar-refractivity contribution in [3.05, 3.63) is 17.0 Å². The van der Waals surface area contributed by atoms with E-state index in [0.717, 1.165) is 32.1 Å². The summed E-state index contributed by atoms with van der Waals surface area (Å²) < 4.78 is 39.6. The zero-order chi connectivity index (χ0) is 16.5. The first-order chi connectivity index (χ1) is 10.7. The summed E-state index contributed by atoms with van der Waals surface area (Å²) in [6.07, 6.45) is 0.732. The SMILES string of the molecule is OC12CC3CC(C1)CC(Nc1nc(Cl)ncc1C(F)(F)F)(C3)C2. The Morgan fingerprint density at radius 1 is 1.22 bits per heavy atom. The number of nitrogens with one attached hydrogen (secondary N) is 1. The lowest BCUT2D eigenvalue weighted by atomic mass is 9.51. The van der Waals surface area contributed by atoms with E-state index in [9.17, 15) is 18.3 Å². The van der Waals surface area contributed by atoms with E-state index in [1.54, 1.807) is 0 Å². The Bertz CT molecular complexity index is 637. The third-order valence-electron chi connectivity index (χ3n) is 5.48. The summed E-state index contributed by atoms with van der Waals surface area (Å²) >= 11 is 5.70. The van der Waals surface area contributed by atoms with Crippen LogP contribution in [0.1, 0.15) is 44.1 Å². The predicted octanol–water partition coefficient (Wildman–Crippen LogP) is 3.64. The Morgan fingerprint density at radius 3 is 2.43 bits per heavy atom. The summed E-state index contributed by atoms with van der Waals surface area (Å²) in [5, 5.41) is 13.5. The van der Waals surface area contributed by atoms with Crippen molar-refractivity contribution in [1.29, 1.82) is 0 Å². The van der Waals surface area contributed by atoms with Gasteiger partial charge in [-0.2, -0.15) is 13.2 Å². The van der Waals surface area contributed by atoms with E-state index in [1.165, 1.54) is 0 Å². The van der Waals surface area contributed by atoms with Gasteiger partial charge in [-0.25, -0.2) is 9.97 Å². The van der Waals surface area contributed by atoms with Crippen LogP contribution in [0, 0.1) is 11.8 Å². The molecule has 2 atom stereocenters. The van der Waals surface area contributed by atoms with E-state index in [1.807, 2.05) is 0 Å². The highest BCUT2D eigenvalue weighted by Gasteiger charge is 2.57. The molecule has 4 aliphatic carbocycles. The van der Waals surface area contributed by atoms with Crippen LogP contribution in [0.4, 0.5) is 19.0 Å². The number of anilines is 1. The standard InChI is InChI=1S/C15H17ClF3N3O/c16-12-20-6-10(15(17,18)19)11(21-12)22-13-2-8-1-9(3-13)5-14(23,4-8)7-13/h6,8-9,23H,1-5,7H2,(H,20,21,22). The van der Waals surface area contributed by atoms with Gasteiger partial charge in [0.15, 0.2) is 0 Å². The number of aliphatic hydroxyl groups is 1. The van der Waals surface area contributed by atoms with Gasteiger partial charge in [-0.3, -0.25) is 0 Å². The number of aromatic nitrogens is 2. The molecule has 1 heterocycles. The molecule has 1 aromatic heterocycles. The van der Waals surface area contributed by atoms with Gasteiger partial charge in [0.2, 0.25) is 5.28 Å². The summed E-state index contributed by atoms with van der Waals surface area (Å²) in [7, 11) is 0. The third-order valence-corrected chi connectivity index (χ3v) is 5.66. The Morgan fingerprint density at radius 2 is 1.87 bits per heavy atom. The molecule has 4 fully saturated rings. The second-order valence-corrected chi connectivity index (χ2v) is 7.83. The maximum atomic E-state index is 13.2. The van der Waals surface area contributed by atoms with Crippen LogP contribution in [-0.2, 0) is 6.18 Å². The largest absolute Gasteiger partial charge is 0.421 e. The minimum Gasteiger partial charge on any atom is -0.390 e. The highest BCUT2D eigenvalue weighted by atomic mass is 35.5. The van der Waals surface area contributed by atoms with Gasteiger partial charge in [0, 0.05) is 11.7 Å². The molecule has 2 N–H and O–H groups in total. The maximum absolute atomic E-state index is 13.2. The van der Waals surface area contributed by atoms with Gasteiger partial charge >= 0.3 is 6.18 Å². The minimum atomic E-state index is -4.55. The Hall–Kier alpha value is -1.08. The van der Waals surface area contributed by atoms with Crippen LogP contribution < -0.4 is 5.32 Å². The van der Waals surface area contributed by atoms with Gasteiger partial charge in [-0.05, 0) is 62.0 Å². The molecule has 0 aromatic carbocycles. The second-order valence-electron chi connectivity index (χ2n) is 7.49. The quantitative estimate of drug-likeness (QED) is 0.802. The molecule has 0 radical (unpaired) electrons. The fourth-order valence-electron chi connectivity index (χ4n) is 5.27. The van der Waals surface area contributed by atoms with Crippen molar-refractivity contribution in [3.63, 3.8) is 0 Å². The van der Waals surface area contributed by atoms with Crippen LogP contribution in [0.15, 0.2) is 6.20 Å². The molecule has 2 unspecified atom stereocenters. The highest BCUT2D eigenvalue weighted by Crippen LogP contribution is 2.58. The van der Waals surface area contributed by atoms with Crippen molar-refractivity contribution < 1.29 is 18.3 Å². The molecule has 126 valence electrons. The van der Waals surface area contributed by atoms with E-state index in [0.29, 0.717) is 24.5 Å². The maximum Gasteiger partial charge on any atom is 0.421 e. The molecule has 4 saturated carbocycles. The molecule has 0 amide bonds.